The van der Waals surface area contributed by atoms with Crippen LogP contribution in [0.15, 0.2) is 60.7 Å². The second-order valence-electron chi connectivity index (χ2n) is 21.3. The third kappa shape index (κ3) is 29.7. The van der Waals surface area contributed by atoms with E-state index in [1.807, 2.05) is 60.7 Å². The molecule has 0 aromatic heterocycles. The zero-order valence-corrected chi connectivity index (χ0v) is 48.0. The van der Waals surface area contributed by atoms with Gasteiger partial charge in [0.1, 0.15) is 54.7 Å². The molecule has 2 heterocycles. The second kappa shape index (κ2) is 35.2. The number of amides is 5. The summed E-state index contributed by atoms with van der Waals surface area (Å²) in [7, 11) is 2.74. The second-order valence-corrected chi connectivity index (χ2v) is 21.3. The Balaban J connectivity index is 0.00000124. The van der Waals surface area contributed by atoms with E-state index in [2.05, 4.69) is 10.6 Å². The SMILES string of the molecule is CC(C)(C)OC(=O)CO.CC(C)(C)OC(=O)N[C@@H](CC(=O)OCc1ccccc1)C(=O)N1CCCCC1.CC(C)[C@@H](C(=O)N[C@@H](CC(=O)OCc1ccccc1)C(=O)N1CCCCC1)N(C)C(=O)OC(C)(C)C.[2H]CC.[3H]C. The number of hydrogen-bond donors (Lipinski definition) is 3. The molecule has 0 saturated carbocycles. The monoisotopic (exact) mass is 1070 g/mol. The van der Waals surface area contributed by atoms with E-state index in [0.29, 0.717) is 33.1 Å². The lowest BCUT2D eigenvalue weighted by Crippen LogP contribution is -2.57. The van der Waals surface area contributed by atoms with Gasteiger partial charge >= 0.3 is 30.1 Å². The standard InChI is InChI=1S/C27H41N3O6.C21H30N2O5.C6H12O3.C2H6.CH4/c1-19(2)23(29(6)26(34)36-27(3,4)5)24(32)28-21(25(33)30-15-11-8-12-16-30)17-22(31)35-18-20-13-9-7-10-14-20;1-21(2,3)28-20(26)22-17(19(25)23-12-8-5-9-13-23)14-18(24)27-15-16-10-6-4-7-11-16;1-6(2,3)9-5(8)4-7;1-2;/h7,9-10,13-14,19,21,23H,8,11-12,15-18H2,1-6H3,(H,28,32);4,6-7,10-11,17H,5,8-9,12-15H2,1-3H3,(H,22,26);7H,4H2,1-3H3;1-2H3;1H4/t21-,23-;17-;;;/m00.../s1/i;;;1D;1T. The van der Waals surface area contributed by atoms with Crippen molar-refractivity contribution in [3.63, 3.8) is 0 Å². The normalized spacial score (nSPS) is 14.7. The van der Waals surface area contributed by atoms with Crippen molar-refractivity contribution < 1.29 is 69.9 Å². The van der Waals surface area contributed by atoms with E-state index in [1.54, 1.807) is 92.9 Å². The largest absolute Gasteiger partial charge is 0.461 e. The quantitative estimate of drug-likeness (QED) is 0.106. The highest BCUT2D eigenvalue weighted by Gasteiger charge is 2.37. The first-order valence-electron chi connectivity index (χ1n) is 27.6. The summed E-state index contributed by atoms with van der Waals surface area (Å²) < 4.78 is 38.0. The lowest BCUT2D eigenvalue weighted by Gasteiger charge is -2.34. The molecule has 430 valence electrons. The molecule has 2 saturated heterocycles. The summed E-state index contributed by atoms with van der Waals surface area (Å²) in [5.74, 6) is -3.10. The minimum atomic E-state index is -1.09. The minimum Gasteiger partial charge on any atom is -0.461 e. The van der Waals surface area contributed by atoms with Gasteiger partial charge in [0, 0.05) is 36.0 Å². The van der Waals surface area contributed by atoms with Crippen molar-refractivity contribution in [1.82, 2.24) is 25.3 Å². The topological polar surface area (TPSA) is 237 Å². The first kappa shape index (κ1) is 65.9. The molecule has 2 fully saturated rings. The summed E-state index contributed by atoms with van der Waals surface area (Å²) in [6.07, 6.45) is 3.81. The summed E-state index contributed by atoms with van der Waals surface area (Å²) >= 11 is 0. The molecule has 0 aliphatic carbocycles. The van der Waals surface area contributed by atoms with E-state index < -0.39 is 77.5 Å². The van der Waals surface area contributed by atoms with Crippen molar-refractivity contribution in [3.8, 4) is 0 Å². The number of likely N-dealkylation sites (N-methyl/N-ethyl adjacent to an activating group) is 1. The summed E-state index contributed by atoms with van der Waals surface area (Å²) in [6.45, 7) is 23.7. The number of alkyl carbamates (subject to hydrolysis) is 1. The van der Waals surface area contributed by atoms with E-state index >= 15 is 0 Å². The average Bonchev–Trinajstić information content (AvgIpc) is 3.37. The smallest absolute Gasteiger partial charge is 0.410 e. The molecular formula is C57H93N5O14. The predicted molar refractivity (Wildman–Crippen MR) is 291 cm³/mol. The van der Waals surface area contributed by atoms with Crippen molar-refractivity contribution in [2.45, 2.75) is 197 Å². The van der Waals surface area contributed by atoms with Gasteiger partial charge in [-0.05, 0) is 118 Å². The molecule has 2 aliphatic heterocycles. The molecule has 2 aromatic carbocycles. The molecule has 2 aliphatic rings. The Bertz CT molecular complexity index is 2080. The minimum absolute atomic E-state index is 0.0776. The van der Waals surface area contributed by atoms with Gasteiger partial charge in [0.25, 0.3) is 0 Å². The van der Waals surface area contributed by atoms with Crippen molar-refractivity contribution in [2.24, 2.45) is 5.92 Å². The number of benzene rings is 2. The van der Waals surface area contributed by atoms with E-state index in [4.69, 9.17) is 31.5 Å². The van der Waals surface area contributed by atoms with E-state index in [0.717, 1.165) is 49.7 Å². The van der Waals surface area contributed by atoms with E-state index in [-0.39, 0.29) is 43.8 Å². The fourth-order valence-electron chi connectivity index (χ4n) is 7.45. The summed E-state index contributed by atoms with van der Waals surface area (Å²) in [6, 6.07) is 15.5. The van der Waals surface area contributed by atoms with Gasteiger partial charge in [-0.2, -0.15) is 0 Å². The summed E-state index contributed by atoms with van der Waals surface area (Å²) in [5, 5.41) is 13.5. The molecule has 4 rings (SSSR count). The predicted octanol–water partition coefficient (Wildman–Crippen LogP) is 8.52. The number of ether oxygens (including phenoxy) is 5. The molecule has 0 spiro atoms. The molecule has 76 heavy (non-hydrogen) atoms. The molecule has 0 radical (unpaired) electrons. The van der Waals surface area contributed by atoms with Crippen LogP contribution in [0.1, 0.15) is 163 Å². The van der Waals surface area contributed by atoms with Crippen molar-refractivity contribution in [1.29, 1.82) is 0 Å². The average molecular weight is 1080 g/mol. The van der Waals surface area contributed by atoms with Crippen LogP contribution >= 0.6 is 0 Å². The lowest BCUT2D eigenvalue weighted by molar-refractivity contribution is -0.158. The zero-order chi connectivity index (χ0) is 59.6. The molecular weight excluding hydrogens is 979 g/mol. The fraction of sp³-hybridized carbons (Fsp3) is 0.649. The first-order valence-corrected chi connectivity index (χ1v) is 25.8. The molecule has 3 N–H and O–H groups in total. The van der Waals surface area contributed by atoms with Crippen molar-refractivity contribution in [2.75, 3.05) is 39.8 Å². The maximum Gasteiger partial charge on any atom is 0.410 e. The molecule has 3 atom stereocenters. The third-order valence-electron chi connectivity index (χ3n) is 10.7. The number of aliphatic hydroxyl groups is 1. The van der Waals surface area contributed by atoms with Crippen molar-refractivity contribution >= 4 is 47.8 Å². The summed E-state index contributed by atoms with van der Waals surface area (Å²) in [4.78, 5) is 104. The number of rotatable bonds is 16. The molecule has 5 amide bonds. The van der Waals surface area contributed by atoms with Crippen LogP contribution in [-0.4, -0.2) is 142 Å². The van der Waals surface area contributed by atoms with E-state index in [9.17, 15) is 38.4 Å². The molecule has 2 aromatic rings. The summed E-state index contributed by atoms with van der Waals surface area (Å²) in [5.41, 5.74) is -0.225. The zero-order valence-electron chi connectivity index (χ0n) is 50.0. The number of nitrogens with zero attached hydrogens (tertiary/aromatic N) is 3. The van der Waals surface area contributed by atoms with Crippen molar-refractivity contribution in [3.05, 3.63) is 71.8 Å². The molecule has 0 bridgehead atoms. The Morgan fingerprint density at radius 1 is 0.632 bits per heavy atom. The highest BCUT2D eigenvalue weighted by atomic mass is 16.6. The van der Waals surface area contributed by atoms with Gasteiger partial charge in [-0.25, -0.2) is 14.4 Å². The molecule has 19 nitrogen and oxygen atoms in total. The number of esters is 3. The van der Waals surface area contributed by atoms with Crippen LogP contribution in [-0.2, 0) is 65.7 Å². The van der Waals surface area contributed by atoms with Crippen LogP contribution in [0.5, 0.6) is 0 Å². The van der Waals surface area contributed by atoms with Crippen LogP contribution in [0.25, 0.3) is 0 Å². The molecule has 0 unspecified atom stereocenters. The van der Waals surface area contributed by atoms with Gasteiger partial charge in [-0.1, -0.05) is 95.7 Å². The maximum atomic E-state index is 13.4. The van der Waals surface area contributed by atoms with Crippen LogP contribution in [0.4, 0.5) is 9.59 Å². The van der Waals surface area contributed by atoms with Crippen LogP contribution < -0.4 is 10.6 Å². The fourth-order valence-corrected chi connectivity index (χ4v) is 7.45. The Kier molecular flexibility index (Phi) is 30.5. The van der Waals surface area contributed by atoms with Gasteiger partial charge < -0.3 is 49.2 Å². The Morgan fingerprint density at radius 3 is 1.33 bits per heavy atom. The number of hydrogen-bond acceptors (Lipinski definition) is 14. The Hall–Kier alpha value is -6.24. The number of carbonyl (C=O) groups excluding carboxylic acids is 8. The van der Waals surface area contributed by atoms with Gasteiger partial charge in [0.05, 0.1) is 12.8 Å². The molecule has 19 heteroatoms. The van der Waals surface area contributed by atoms with Crippen LogP contribution in [0.2, 0.25) is 0 Å². The van der Waals surface area contributed by atoms with Gasteiger partial charge in [-0.15, -0.1) is 0 Å². The van der Waals surface area contributed by atoms with Gasteiger partial charge in [-0.3, -0.25) is 28.9 Å². The highest BCUT2D eigenvalue weighted by molar-refractivity contribution is 5.94. The van der Waals surface area contributed by atoms with Gasteiger partial charge in [0.2, 0.25) is 17.7 Å². The Morgan fingerprint density at radius 2 is 1.00 bits per heavy atom. The van der Waals surface area contributed by atoms with Crippen LogP contribution in [0, 0.1) is 5.92 Å². The number of nitrogens with one attached hydrogen (secondary N) is 2. The lowest BCUT2D eigenvalue weighted by atomic mass is 10.0. The number of piperidine rings is 2. The number of likely N-dealkylation sites (tertiary alicyclic amines) is 2. The van der Waals surface area contributed by atoms with Gasteiger partial charge in [0.15, 0.2) is 0 Å². The maximum absolute atomic E-state index is 13.4. The number of aliphatic hydroxyl groups excluding tert-OH is 1. The first-order chi connectivity index (χ1) is 36.5. The Labute approximate surface area is 456 Å². The highest BCUT2D eigenvalue weighted by Crippen LogP contribution is 2.19. The third-order valence-corrected chi connectivity index (χ3v) is 10.7. The number of carbonyl (C=O) groups is 8. The van der Waals surface area contributed by atoms with E-state index in [1.165, 1.54) is 19.4 Å². The van der Waals surface area contributed by atoms with Crippen LogP contribution in [0.3, 0.4) is 0 Å².